The zero-order chi connectivity index (χ0) is 16.6. The second-order valence-electron chi connectivity index (χ2n) is 6.45. The molecular formula is C20H25N3O. The van der Waals surface area contributed by atoms with Crippen molar-refractivity contribution in [3.05, 3.63) is 66.0 Å². The Hall–Kier alpha value is -2.20. The van der Waals surface area contributed by atoms with Gasteiger partial charge in [0, 0.05) is 19.3 Å². The van der Waals surface area contributed by atoms with E-state index in [2.05, 4.69) is 45.5 Å². The van der Waals surface area contributed by atoms with Gasteiger partial charge in [-0.25, -0.2) is 0 Å². The molecule has 1 aliphatic rings. The van der Waals surface area contributed by atoms with Crippen molar-refractivity contribution in [2.45, 2.75) is 19.3 Å². The molecule has 0 spiro atoms. The van der Waals surface area contributed by atoms with Gasteiger partial charge in [-0.05, 0) is 56.0 Å². The van der Waals surface area contributed by atoms with Crippen molar-refractivity contribution in [3.8, 4) is 0 Å². The Morgan fingerprint density at radius 2 is 1.83 bits per heavy atom. The van der Waals surface area contributed by atoms with Gasteiger partial charge in [0.1, 0.15) is 5.69 Å². The summed E-state index contributed by atoms with van der Waals surface area (Å²) in [6.45, 7) is 3.84. The van der Waals surface area contributed by atoms with E-state index in [1.165, 1.54) is 24.8 Å². The minimum absolute atomic E-state index is 0.0884. The van der Waals surface area contributed by atoms with Crippen LogP contribution < -0.4 is 5.32 Å². The summed E-state index contributed by atoms with van der Waals surface area (Å²) >= 11 is 0. The van der Waals surface area contributed by atoms with Gasteiger partial charge in [-0.1, -0.05) is 36.4 Å². The summed E-state index contributed by atoms with van der Waals surface area (Å²) in [5.41, 5.74) is 1.93. The molecule has 3 rings (SSSR count). The first-order valence-electron chi connectivity index (χ1n) is 8.77. The first-order chi connectivity index (χ1) is 11.8. The van der Waals surface area contributed by atoms with Crippen molar-refractivity contribution in [1.82, 2.24) is 15.2 Å². The number of carbonyl (C=O) groups excluding carboxylic acids is 1. The van der Waals surface area contributed by atoms with Crippen LogP contribution >= 0.6 is 0 Å². The molecular weight excluding hydrogens is 298 g/mol. The molecule has 4 nitrogen and oxygen atoms in total. The van der Waals surface area contributed by atoms with Crippen LogP contribution in [0.25, 0.3) is 0 Å². The van der Waals surface area contributed by atoms with Crippen molar-refractivity contribution >= 4 is 5.91 Å². The van der Waals surface area contributed by atoms with Crippen LogP contribution in [0.2, 0.25) is 0 Å². The van der Waals surface area contributed by atoms with Crippen molar-refractivity contribution < 1.29 is 4.79 Å². The molecule has 2 aromatic rings. The average molecular weight is 323 g/mol. The zero-order valence-corrected chi connectivity index (χ0v) is 14.0. The molecule has 2 heterocycles. The molecule has 1 saturated heterocycles. The second kappa shape index (κ2) is 8.60. The maximum atomic E-state index is 11.9. The van der Waals surface area contributed by atoms with Crippen LogP contribution in [-0.4, -0.2) is 42.0 Å². The lowest BCUT2D eigenvalue weighted by molar-refractivity contribution is 0.0939. The predicted molar refractivity (Wildman–Crippen MR) is 95.9 cm³/mol. The van der Waals surface area contributed by atoms with Crippen LogP contribution in [0.3, 0.4) is 0 Å². The fraction of sp³-hybridized carbons (Fsp3) is 0.400. The Balaban J connectivity index is 1.35. The van der Waals surface area contributed by atoms with Gasteiger partial charge in [-0.15, -0.1) is 0 Å². The van der Waals surface area contributed by atoms with Crippen LogP contribution in [0.1, 0.15) is 28.9 Å². The van der Waals surface area contributed by atoms with E-state index in [1.54, 1.807) is 12.3 Å². The van der Waals surface area contributed by atoms with E-state index in [4.69, 9.17) is 0 Å². The van der Waals surface area contributed by atoms with Crippen LogP contribution in [0.4, 0.5) is 0 Å². The van der Waals surface area contributed by atoms with Crippen LogP contribution in [0.5, 0.6) is 0 Å². The number of aromatic nitrogens is 1. The first-order valence-corrected chi connectivity index (χ1v) is 8.77. The summed E-state index contributed by atoms with van der Waals surface area (Å²) in [7, 11) is 0. The molecule has 0 radical (unpaired) electrons. The molecule has 0 aliphatic carbocycles. The predicted octanol–water partition coefficient (Wildman–Crippen LogP) is 2.77. The van der Waals surface area contributed by atoms with Gasteiger partial charge in [0.15, 0.2) is 0 Å². The Bertz CT molecular complexity index is 622. The normalized spacial score (nSPS) is 16.0. The third-order valence-electron chi connectivity index (χ3n) is 4.69. The van der Waals surface area contributed by atoms with Gasteiger partial charge in [0.25, 0.3) is 5.91 Å². The number of piperidine rings is 1. The average Bonchev–Trinajstić information content (AvgIpc) is 2.65. The summed E-state index contributed by atoms with van der Waals surface area (Å²) in [4.78, 5) is 18.5. The number of carbonyl (C=O) groups is 1. The number of benzene rings is 1. The lowest BCUT2D eigenvalue weighted by Crippen LogP contribution is -2.40. The fourth-order valence-electron chi connectivity index (χ4n) is 3.28. The highest BCUT2D eigenvalue weighted by molar-refractivity contribution is 5.92. The van der Waals surface area contributed by atoms with Crippen molar-refractivity contribution in [1.29, 1.82) is 0 Å². The summed E-state index contributed by atoms with van der Waals surface area (Å²) < 4.78 is 0. The highest BCUT2D eigenvalue weighted by Crippen LogP contribution is 2.21. The molecule has 4 heteroatoms. The zero-order valence-electron chi connectivity index (χ0n) is 14.0. The number of likely N-dealkylation sites (tertiary alicyclic amines) is 1. The van der Waals surface area contributed by atoms with Gasteiger partial charge >= 0.3 is 0 Å². The number of pyridine rings is 1. The molecule has 1 aromatic carbocycles. The SMILES string of the molecule is O=C(NCCN1CCC(Cc2ccccc2)CC1)c1ccccn1. The van der Waals surface area contributed by atoms with Crippen LogP contribution in [0.15, 0.2) is 54.7 Å². The molecule has 0 bridgehead atoms. The summed E-state index contributed by atoms with van der Waals surface area (Å²) in [5, 5.41) is 2.95. The van der Waals surface area contributed by atoms with E-state index in [0.717, 1.165) is 25.6 Å². The van der Waals surface area contributed by atoms with Gasteiger partial charge in [0.05, 0.1) is 0 Å². The third-order valence-corrected chi connectivity index (χ3v) is 4.69. The molecule has 1 fully saturated rings. The molecule has 0 saturated carbocycles. The van der Waals surface area contributed by atoms with E-state index >= 15 is 0 Å². The molecule has 1 aliphatic heterocycles. The van der Waals surface area contributed by atoms with Gasteiger partial charge in [0.2, 0.25) is 0 Å². The Kier molecular flexibility index (Phi) is 5.96. The standard InChI is InChI=1S/C20H25N3O/c24-20(19-8-4-5-11-21-19)22-12-15-23-13-9-18(10-14-23)16-17-6-2-1-3-7-17/h1-8,11,18H,9-10,12-16H2,(H,22,24). The number of rotatable bonds is 6. The number of nitrogens with zero attached hydrogens (tertiary/aromatic N) is 2. The van der Waals surface area contributed by atoms with Crippen molar-refractivity contribution in [2.75, 3.05) is 26.2 Å². The number of hydrogen-bond donors (Lipinski definition) is 1. The largest absolute Gasteiger partial charge is 0.349 e. The van der Waals surface area contributed by atoms with Crippen LogP contribution in [-0.2, 0) is 6.42 Å². The van der Waals surface area contributed by atoms with E-state index in [9.17, 15) is 4.79 Å². The lowest BCUT2D eigenvalue weighted by Gasteiger charge is -2.32. The molecule has 0 atom stereocenters. The van der Waals surface area contributed by atoms with E-state index in [1.807, 2.05) is 12.1 Å². The highest BCUT2D eigenvalue weighted by atomic mass is 16.1. The maximum absolute atomic E-state index is 11.9. The summed E-state index contributed by atoms with van der Waals surface area (Å²) in [6, 6.07) is 16.1. The minimum Gasteiger partial charge on any atom is -0.349 e. The first kappa shape index (κ1) is 16.7. The van der Waals surface area contributed by atoms with Gasteiger partial charge < -0.3 is 10.2 Å². The second-order valence-corrected chi connectivity index (χ2v) is 6.45. The van der Waals surface area contributed by atoms with Crippen LogP contribution in [0, 0.1) is 5.92 Å². The lowest BCUT2D eigenvalue weighted by atomic mass is 9.90. The maximum Gasteiger partial charge on any atom is 0.269 e. The minimum atomic E-state index is -0.0884. The molecule has 126 valence electrons. The molecule has 1 aromatic heterocycles. The summed E-state index contributed by atoms with van der Waals surface area (Å²) in [5.74, 6) is 0.696. The molecule has 0 unspecified atom stereocenters. The number of nitrogens with one attached hydrogen (secondary N) is 1. The number of amides is 1. The number of hydrogen-bond acceptors (Lipinski definition) is 3. The molecule has 1 N–H and O–H groups in total. The fourth-order valence-corrected chi connectivity index (χ4v) is 3.28. The van der Waals surface area contributed by atoms with Crippen molar-refractivity contribution in [3.63, 3.8) is 0 Å². The Morgan fingerprint density at radius 1 is 1.08 bits per heavy atom. The van der Waals surface area contributed by atoms with E-state index < -0.39 is 0 Å². The Labute approximate surface area is 143 Å². The van der Waals surface area contributed by atoms with E-state index in [-0.39, 0.29) is 5.91 Å². The van der Waals surface area contributed by atoms with E-state index in [0.29, 0.717) is 12.2 Å². The third kappa shape index (κ3) is 4.90. The molecule has 1 amide bonds. The van der Waals surface area contributed by atoms with Gasteiger partial charge in [-0.3, -0.25) is 9.78 Å². The smallest absolute Gasteiger partial charge is 0.269 e. The summed E-state index contributed by atoms with van der Waals surface area (Å²) in [6.07, 6.45) is 5.31. The topological polar surface area (TPSA) is 45.2 Å². The quantitative estimate of drug-likeness (QED) is 0.889. The monoisotopic (exact) mass is 323 g/mol. The Morgan fingerprint density at radius 3 is 2.54 bits per heavy atom. The van der Waals surface area contributed by atoms with Crippen molar-refractivity contribution in [2.24, 2.45) is 5.92 Å². The highest BCUT2D eigenvalue weighted by Gasteiger charge is 2.19. The van der Waals surface area contributed by atoms with Gasteiger partial charge in [-0.2, -0.15) is 0 Å². The molecule has 24 heavy (non-hydrogen) atoms.